The summed E-state index contributed by atoms with van der Waals surface area (Å²) in [5, 5.41) is 8.90. The molecule has 1 rings (SSSR count). The Morgan fingerprint density at radius 2 is 1.89 bits per heavy atom. The first-order valence-corrected chi connectivity index (χ1v) is 5.63. The third-order valence-corrected chi connectivity index (χ3v) is 2.54. The van der Waals surface area contributed by atoms with Crippen LogP contribution in [0.2, 0.25) is 0 Å². The fourth-order valence-electron chi connectivity index (χ4n) is 1.42. The molecule has 0 aromatic heterocycles. The molecule has 4 heteroatoms. The average molecular weight is 257 g/mol. The van der Waals surface area contributed by atoms with Crippen LogP contribution in [0.4, 0.5) is 0 Å². The smallest absolute Gasteiger partial charge is 0.348 e. The second kappa shape index (κ2) is 7.02. The summed E-state index contributed by atoms with van der Waals surface area (Å²) in [6.07, 6.45) is 3.52. The highest BCUT2D eigenvalue weighted by molar-refractivity contribution is 5.94. The molecule has 0 amide bonds. The summed E-state index contributed by atoms with van der Waals surface area (Å²) in [7, 11) is 2.85. The van der Waals surface area contributed by atoms with E-state index in [2.05, 4.69) is 4.74 Å². The van der Waals surface area contributed by atoms with E-state index in [1.54, 1.807) is 20.1 Å². The molecule has 0 saturated heterocycles. The Morgan fingerprint density at radius 1 is 1.26 bits per heavy atom. The van der Waals surface area contributed by atoms with E-state index in [0.717, 1.165) is 11.3 Å². The largest absolute Gasteiger partial charge is 0.497 e. The van der Waals surface area contributed by atoms with Crippen molar-refractivity contribution in [2.24, 2.45) is 0 Å². The second-order valence-electron chi connectivity index (χ2n) is 3.77. The highest BCUT2D eigenvalue weighted by atomic mass is 16.5. The summed E-state index contributed by atoms with van der Waals surface area (Å²) >= 11 is 0. The quantitative estimate of drug-likeness (QED) is 0.360. The van der Waals surface area contributed by atoms with Crippen LogP contribution in [0.5, 0.6) is 5.75 Å². The maximum absolute atomic E-state index is 11.3. The summed E-state index contributed by atoms with van der Waals surface area (Å²) in [6, 6.07) is 9.28. The monoisotopic (exact) mass is 257 g/mol. The van der Waals surface area contributed by atoms with Gasteiger partial charge in [-0.3, -0.25) is 0 Å². The molecular weight excluding hydrogens is 242 g/mol. The van der Waals surface area contributed by atoms with Gasteiger partial charge in [-0.15, -0.1) is 0 Å². The fraction of sp³-hybridized carbons (Fsp3) is 0.200. The molecule has 98 valence electrons. The summed E-state index contributed by atoms with van der Waals surface area (Å²) in [4.78, 5) is 11.3. The SMILES string of the molecule is COC(=O)/C(C#N)=C(C)/C=C/c1ccc(OC)cc1. The van der Waals surface area contributed by atoms with Crippen LogP contribution in [-0.2, 0) is 9.53 Å². The van der Waals surface area contributed by atoms with Crippen LogP contribution in [0, 0.1) is 11.3 Å². The standard InChI is InChI=1S/C15H15NO3/c1-11(14(10-16)15(17)19-3)4-5-12-6-8-13(18-2)9-7-12/h4-9H,1-3H3/b5-4+,14-11+. The Hall–Kier alpha value is -2.54. The number of hydrogen-bond donors (Lipinski definition) is 0. The summed E-state index contributed by atoms with van der Waals surface area (Å²) < 4.78 is 9.60. The minimum atomic E-state index is -0.626. The van der Waals surface area contributed by atoms with Gasteiger partial charge in [-0.25, -0.2) is 4.79 Å². The Bertz CT molecular complexity index is 548. The van der Waals surface area contributed by atoms with Crippen molar-refractivity contribution >= 4 is 12.0 Å². The van der Waals surface area contributed by atoms with Crippen molar-refractivity contribution in [3.8, 4) is 11.8 Å². The van der Waals surface area contributed by atoms with E-state index in [9.17, 15) is 4.79 Å². The molecule has 0 heterocycles. The Labute approximate surface area is 112 Å². The molecule has 0 radical (unpaired) electrons. The molecular formula is C15H15NO3. The van der Waals surface area contributed by atoms with Crippen molar-refractivity contribution < 1.29 is 14.3 Å². The molecule has 4 nitrogen and oxygen atoms in total. The van der Waals surface area contributed by atoms with E-state index in [0.29, 0.717) is 5.57 Å². The summed E-state index contributed by atoms with van der Waals surface area (Å²) in [6.45, 7) is 1.69. The number of carbonyl (C=O) groups is 1. The maximum Gasteiger partial charge on any atom is 0.348 e. The van der Waals surface area contributed by atoms with Crippen molar-refractivity contribution in [3.05, 3.63) is 47.1 Å². The van der Waals surface area contributed by atoms with Crippen molar-refractivity contribution in [2.45, 2.75) is 6.92 Å². The highest BCUT2D eigenvalue weighted by Crippen LogP contribution is 2.14. The minimum Gasteiger partial charge on any atom is -0.497 e. The predicted octanol–water partition coefficient (Wildman–Crippen LogP) is 2.72. The molecule has 0 unspecified atom stereocenters. The highest BCUT2D eigenvalue weighted by Gasteiger charge is 2.10. The first kappa shape index (κ1) is 14.5. The average Bonchev–Trinajstić information content (AvgIpc) is 2.46. The predicted molar refractivity (Wildman–Crippen MR) is 72.4 cm³/mol. The fourth-order valence-corrected chi connectivity index (χ4v) is 1.42. The van der Waals surface area contributed by atoms with Crippen LogP contribution in [-0.4, -0.2) is 20.2 Å². The molecule has 1 aromatic carbocycles. The molecule has 0 atom stereocenters. The van der Waals surface area contributed by atoms with Crippen LogP contribution < -0.4 is 4.74 Å². The molecule has 0 aliphatic rings. The van der Waals surface area contributed by atoms with Gasteiger partial charge in [0.1, 0.15) is 17.4 Å². The van der Waals surface area contributed by atoms with Crippen LogP contribution >= 0.6 is 0 Å². The lowest BCUT2D eigenvalue weighted by molar-refractivity contribution is -0.135. The Kier molecular flexibility index (Phi) is 5.36. The number of ether oxygens (including phenoxy) is 2. The van der Waals surface area contributed by atoms with Gasteiger partial charge in [-0.2, -0.15) is 5.26 Å². The molecule has 0 N–H and O–H groups in total. The van der Waals surface area contributed by atoms with Gasteiger partial charge in [0.05, 0.1) is 14.2 Å². The van der Waals surface area contributed by atoms with Gasteiger partial charge in [0.2, 0.25) is 0 Å². The zero-order valence-electron chi connectivity index (χ0n) is 11.1. The molecule has 0 bridgehead atoms. The van der Waals surface area contributed by atoms with Gasteiger partial charge < -0.3 is 9.47 Å². The van der Waals surface area contributed by atoms with E-state index in [-0.39, 0.29) is 5.57 Å². The van der Waals surface area contributed by atoms with E-state index in [4.69, 9.17) is 10.00 Å². The Balaban J connectivity index is 2.93. The summed E-state index contributed by atoms with van der Waals surface area (Å²) in [5.41, 5.74) is 1.51. The van der Waals surface area contributed by atoms with Crippen molar-refractivity contribution in [2.75, 3.05) is 14.2 Å². The van der Waals surface area contributed by atoms with E-state index >= 15 is 0 Å². The van der Waals surface area contributed by atoms with Crippen LogP contribution in [0.1, 0.15) is 12.5 Å². The lowest BCUT2D eigenvalue weighted by atomic mass is 10.1. The molecule has 0 aliphatic heterocycles. The molecule has 0 aliphatic carbocycles. The topological polar surface area (TPSA) is 59.3 Å². The number of nitrogens with zero attached hydrogens (tertiary/aromatic N) is 1. The van der Waals surface area contributed by atoms with Crippen molar-refractivity contribution in [1.82, 2.24) is 0 Å². The number of benzene rings is 1. The van der Waals surface area contributed by atoms with E-state index in [1.165, 1.54) is 7.11 Å². The van der Waals surface area contributed by atoms with E-state index in [1.807, 2.05) is 36.4 Å². The lowest BCUT2D eigenvalue weighted by Gasteiger charge is -2.00. The second-order valence-corrected chi connectivity index (χ2v) is 3.77. The Morgan fingerprint density at radius 3 is 2.37 bits per heavy atom. The van der Waals surface area contributed by atoms with Crippen molar-refractivity contribution in [1.29, 1.82) is 5.26 Å². The number of allylic oxidation sites excluding steroid dienone is 2. The first-order valence-electron chi connectivity index (χ1n) is 5.63. The molecule has 0 spiro atoms. The van der Waals surface area contributed by atoms with Crippen LogP contribution in [0.15, 0.2) is 41.5 Å². The van der Waals surface area contributed by atoms with Gasteiger partial charge in [0.15, 0.2) is 0 Å². The van der Waals surface area contributed by atoms with Crippen molar-refractivity contribution in [3.63, 3.8) is 0 Å². The van der Waals surface area contributed by atoms with Gasteiger partial charge >= 0.3 is 5.97 Å². The van der Waals surface area contributed by atoms with Crippen LogP contribution in [0.3, 0.4) is 0 Å². The zero-order valence-corrected chi connectivity index (χ0v) is 11.1. The van der Waals surface area contributed by atoms with Gasteiger partial charge in [-0.05, 0) is 30.2 Å². The number of esters is 1. The van der Waals surface area contributed by atoms with Gasteiger partial charge in [0, 0.05) is 0 Å². The lowest BCUT2D eigenvalue weighted by Crippen LogP contribution is -2.04. The van der Waals surface area contributed by atoms with Gasteiger partial charge in [0.25, 0.3) is 0 Å². The minimum absolute atomic E-state index is 0.00672. The van der Waals surface area contributed by atoms with Gasteiger partial charge in [-0.1, -0.05) is 24.3 Å². The summed E-state index contributed by atoms with van der Waals surface area (Å²) in [5.74, 6) is 0.149. The molecule has 19 heavy (non-hydrogen) atoms. The number of nitriles is 1. The third-order valence-electron chi connectivity index (χ3n) is 2.54. The first-order chi connectivity index (χ1) is 9.12. The zero-order chi connectivity index (χ0) is 14.3. The molecule has 0 fully saturated rings. The molecule has 0 saturated carbocycles. The number of rotatable bonds is 4. The number of hydrogen-bond acceptors (Lipinski definition) is 4. The normalized spacial score (nSPS) is 11.7. The van der Waals surface area contributed by atoms with Crippen LogP contribution in [0.25, 0.3) is 6.08 Å². The molecule has 1 aromatic rings. The maximum atomic E-state index is 11.3. The third kappa shape index (κ3) is 4.00. The van der Waals surface area contributed by atoms with E-state index < -0.39 is 5.97 Å². The number of carbonyl (C=O) groups excluding carboxylic acids is 1. The number of methoxy groups -OCH3 is 2.